The van der Waals surface area contributed by atoms with Crippen molar-refractivity contribution >= 4 is 34.5 Å². The predicted molar refractivity (Wildman–Crippen MR) is 110 cm³/mol. The van der Waals surface area contributed by atoms with Gasteiger partial charge in [-0.05, 0) is 50.8 Å². The number of hydrogen-bond donors (Lipinski definition) is 2. The number of thioether (sulfide) groups is 1. The second kappa shape index (κ2) is 8.96. The van der Waals surface area contributed by atoms with Crippen LogP contribution in [-0.2, 0) is 16.1 Å². The molecular weight excluding hydrogens is 394 g/mol. The molecule has 1 aliphatic carbocycles. The van der Waals surface area contributed by atoms with Crippen LogP contribution in [-0.4, -0.2) is 51.5 Å². The normalized spacial score (nSPS) is 15.7. The van der Waals surface area contributed by atoms with Crippen molar-refractivity contribution in [3.05, 3.63) is 34.1 Å². The molecular formula is C20H25N3O5S. The van der Waals surface area contributed by atoms with Gasteiger partial charge in [-0.3, -0.25) is 14.2 Å². The third-order valence-electron chi connectivity index (χ3n) is 4.84. The van der Waals surface area contributed by atoms with Gasteiger partial charge in [-0.1, -0.05) is 11.8 Å². The van der Waals surface area contributed by atoms with E-state index in [9.17, 15) is 19.5 Å². The van der Waals surface area contributed by atoms with E-state index < -0.39 is 12.1 Å². The van der Waals surface area contributed by atoms with Crippen LogP contribution in [0.15, 0.2) is 28.2 Å². The molecule has 1 aromatic heterocycles. The Morgan fingerprint density at radius 3 is 2.72 bits per heavy atom. The maximum Gasteiger partial charge on any atom is 0.337 e. The summed E-state index contributed by atoms with van der Waals surface area (Å²) in [6, 6.07) is 4.65. The van der Waals surface area contributed by atoms with Gasteiger partial charge >= 0.3 is 5.97 Å². The van der Waals surface area contributed by atoms with Crippen molar-refractivity contribution in [2.24, 2.45) is 5.92 Å². The fourth-order valence-electron chi connectivity index (χ4n) is 3.12. The first-order valence-corrected chi connectivity index (χ1v) is 10.5. The van der Waals surface area contributed by atoms with Crippen molar-refractivity contribution in [1.29, 1.82) is 0 Å². The fraction of sp³-hybridized carbons (Fsp3) is 0.500. The van der Waals surface area contributed by atoms with Gasteiger partial charge in [0, 0.05) is 6.04 Å². The first kappa shape index (κ1) is 21.3. The summed E-state index contributed by atoms with van der Waals surface area (Å²) in [6.07, 6.45) is 1.51. The number of ether oxygens (including phenoxy) is 1. The highest BCUT2D eigenvalue weighted by Gasteiger charge is 2.29. The van der Waals surface area contributed by atoms with Gasteiger partial charge in [0.25, 0.3) is 5.56 Å². The molecule has 1 amide bonds. The molecule has 2 aromatic rings. The number of amides is 1. The number of aliphatic hydroxyl groups is 1. The zero-order valence-corrected chi connectivity index (χ0v) is 17.5. The Morgan fingerprint density at radius 2 is 2.10 bits per heavy atom. The fourth-order valence-corrected chi connectivity index (χ4v) is 3.94. The van der Waals surface area contributed by atoms with E-state index in [0.717, 1.165) is 24.6 Å². The average molecular weight is 420 g/mol. The monoisotopic (exact) mass is 419 g/mol. The lowest BCUT2D eigenvalue weighted by atomic mass is 10.1. The number of fused-ring (bicyclic) bond motifs is 1. The van der Waals surface area contributed by atoms with Crippen molar-refractivity contribution in [2.45, 2.75) is 50.5 Å². The lowest BCUT2D eigenvalue weighted by Crippen LogP contribution is -2.35. The molecule has 9 heteroatoms. The van der Waals surface area contributed by atoms with Gasteiger partial charge in [0.1, 0.15) is 0 Å². The van der Waals surface area contributed by atoms with Crippen LogP contribution < -0.4 is 10.9 Å². The van der Waals surface area contributed by atoms with Crippen LogP contribution in [0.25, 0.3) is 10.9 Å². The second-order valence-electron chi connectivity index (χ2n) is 7.36. The largest absolute Gasteiger partial charge is 0.465 e. The third-order valence-corrected chi connectivity index (χ3v) is 5.81. The number of esters is 1. The smallest absolute Gasteiger partial charge is 0.337 e. The number of rotatable bonds is 8. The van der Waals surface area contributed by atoms with Crippen molar-refractivity contribution in [3.8, 4) is 0 Å². The molecule has 1 aliphatic rings. The molecule has 8 nitrogen and oxygen atoms in total. The number of nitrogens with zero attached hydrogens (tertiary/aromatic N) is 2. The van der Waals surface area contributed by atoms with E-state index >= 15 is 0 Å². The molecule has 0 saturated heterocycles. The molecule has 2 N–H and O–H groups in total. The lowest BCUT2D eigenvalue weighted by molar-refractivity contribution is -0.119. The molecule has 29 heavy (non-hydrogen) atoms. The quantitative estimate of drug-likeness (QED) is 0.380. The maximum atomic E-state index is 12.9. The van der Waals surface area contributed by atoms with E-state index in [0.29, 0.717) is 22.0 Å². The van der Waals surface area contributed by atoms with Gasteiger partial charge in [0.15, 0.2) is 5.16 Å². The average Bonchev–Trinajstić information content (AvgIpc) is 3.53. The van der Waals surface area contributed by atoms with E-state index in [1.807, 2.05) is 6.92 Å². The molecule has 1 aromatic carbocycles. The second-order valence-corrected chi connectivity index (χ2v) is 8.31. The Morgan fingerprint density at radius 1 is 1.38 bits per heavy atom. The summed E-state index contributed by atoms with van der Waals surface area (Å²) in [5, 5.41) is 13.4. The van der Waals surface area contributed by atoms with Crippen molar-refractivity contribution in [2.75, 3.05) is 12.9 Å². The zero-order valence-electron chi connectivity index (χ0n) is 16.7. The van der Waals surface area contributed by atoms with Crippen LogP contribution in [0.4, 0.5) is 0 Å². The minimum absolute atomic E-state index is 0.0585. The predicted octanol–water partition coefficient (Wildman–Crippen LogP) is 1.57. The molecule has 156 valence electrons. The first-order chi connectivity index (χ1) is 13.8. The van der Waals surface area contributed by atoms with Crippen molar-refractivity contribution < 1.29 is 19.4 Å². The van der Waals surface area contributed by atoms with Gasteiger partial charge < -0.3 is 15.2 Å². The molecule has 2 atom stereocenters. The Kier molecular flexibility index (Phi) is 6.59. The van der Waals surface area contributed by atoms with E-state index in [1.54, 1.807) is 6.92 Å². The highest BCUT2D eigenvalue weighted by Crippen LogP contribution is 2.32. The molecule has 0 unspecified atom stereocenters. The molecule has 0 spiro atoms. The van der Waals surface area contributed by atoms with Crippen LogP contribution in [0.1, 0.15) is 37.0 Å². The number of methoxy groups -OCH3 is 1. The van der Waals surface area contributed by atoms with E-state index in [-0.39, 0.29) is 35.4 Å². The molecule has 0 radical (unpaired) electrons. The Balaban J connectivity index is 1.90. The van der Waals surface area contributed by atoms with Crippen LogP contribution in [0, 0.1) is 5.92 Å². The van der Waals surface area contributed by atoms with Crippen molar-refractivity contribution in [1.82, 2.24) is 14.9 Å². The standard InChI is InChI=1S/C20H25N3O5S/c1-11(24)9-23-18(26)15-7-6-14(19(27)28-3)8-16(15)22-20(23)29-10-17(25)21-12(2)13-4-5-13/h6-8,11-13,24H,4-5,9-10H2,1-3H3,(H,21,25)/t11-,12+/m0/s1. The Labute approximate surface area is 172 Å². The van der Waals surface area contributed by atoms with E-state index in [2.05, 4.69) is 10.3 Å². The summed E-state index contributed by atoms with van der Waals surface area (Å²) in [5.41, 5.74) is 0.294. The topological polar surface area (TPSA) is 111 Å². The molecule has 0 aliphatic heterocycles. The van der Waals surface area contributed by atoms with Gasteiger partial charge in [0.05, 0.1) is 42.0 Å². The van der Waals surface area contributed by atoms with Gasteiger partial charge in [-0.25, -0.2) is 9.78 Å². The van der Waals surface area contributed by atoms with Gasteiger partial charge in [-0.2, -0.15) is 0 Å². The number of benzene rings is 1. The van der Waals surface area contributed by atoms with Crippen molar-refractivity contribution in [3.63, 3.8) is 0 Å². The van der Waals surface area contributed by atoms with Crippen LogP contribution in [0.5, 0.6) is 0 Å². The van der Waals surface area contributed by atoms with E-state index in [1.165, 1.54) is 29.9 Å². The minimum atomic E-state index is -0.760. The third kappa shape index (κ3) is 5.16. The van der Waals surface area contributed by atoms with Crippen LogP contribution >= 0.6 is 11.8 Å². The molecule has 1 saturated carbocycles. The Hall–Kier alpha value is -2.39. The maximum absolute atomic E-state index is 12.9. The molecule has 1 heterocycles. The number of aliphatic hydroxyl groups excluding tert-OH is 1. The number of carbonyl (C=O) groups excluding carboxylic acids is 2. The van der Waals surface area contributed by atoms with Gasteiger partial charge in [0.2, 0.25) is 5.91 Å². The number of carbonyl (C=O) groups is 2. The first-order valence-electron chi connectivity index (χ1n) is 9.53. The summed E-state index contributed by atoms with van der Waals surface area (Å²) in [4.78, 5) is 41.5. The highest BCUT2D eigenvalue weighted by molar-refractivity contribution is 7.99. The summed E-state index contributed by atoms with van der Waals surface area (Å²) in [5.74, 6) is -0.000958. The molecule has 0 bridgehead atoms. The van der Waals surface area contributed by atoms with E-state index in [4.69, 9.17) is 4.74 Å². The lowest BCUT2D eigenvalue weighted by Gasteiger charge is -2.16. The highest BCUT2D eigenvalue weighted by atomic mass is 32.2. The molecule has 1 fully saturated rings. The number of hydrogen-bond acceptors (Lipinski definition) is 7. The summed E-state index contributed by atoms with van der Waals surface area (Å²) in [6.45, 7) is 3.63. The SMILES string of the molecule is COC(=O)c1ccc2c(=O)n(C[C@H](C)O)c(SCC(=O)N[C@H](C)C3CC3)nc2c1. The van der Waals surface area contributed by atoms with Crippen LogP contribution in [0.2, 0.25) is 0 Å². The number of aromatic nitrogens is 2. The number of nitrogens with one attached hydrogen (secondary N) is 1. The summed E-state index contributed by atoms with van der Waals surface area (Å²) >= 11 is 1.13. The molecule has 3 rings (SSSR count). The zero-order chi connectivity index (χ0) is 21.1. The van der Waals surface area contributed by atoms with Gasteiger partial charge in [-0.15, -0.1) is 0 Å². The van der Waals surface area contributed by atoms with Crippen LogP contribution in [0.3, 0.4) is 0 Å². The minimum Gasteiger partial charge on any atom is -0.465 e. The Bertz CT molecular complexity index is 984. The summed E-state index contributed by atoms with van der Waals surface area (Å²) in [7, 11) is 1.28. The summed E-state index contributed by atoms with van der Waals surface area (Å²) < 4.78 is 6.09.